The lowest BCUT2D eigenvalue weighted by atomic mass is 10.1. The van der Waals surface area contributed by atoms with Crippen LogP contribution in [0.25, 0.3) is 28.0 Å². The third-order valence-corrected chi connectivity index (χ3v) is 5.82. The topological polar surface area (TPSA) is 111 Å². The fraction of sp³-hybridized carbons (Fsp3) is 0.0435. The number of hydrogen-bond donors (Lipinski definition) is 2. The number of nitrogens with two attached hydrogens (primary N) is 1. The first kappa shape index (κ1) is 20.9. The third kappa shape index (κ3) is 4.09. The molecule has 4 aromatic heterocycles. The molecule has 0 aliphatic rings. The van der Waals surface area contributed by atoms with Crippen LogP contribution in [0.2, 0.25) is 0 Å². The highest BCUT2D eigenvalue weighted by atomic mass is 32.2. The van der Waals surface area contributed by atoms with Gasteiger partial charge in [-0.15, -0.1) is 10.2 Å². The molecule has 0 saturated carbocycles. The molecule has 0 bridgehead atoms. The molecule has 3 N–H and O–H groups in total. The standard InChI is InChI=1S/C23H18FN7OS/c24-19-7-4-9-27-20(19)14-28-22-21-18(15-5-2-1-3-6-15)8-10-31(21)23(30-29-22)16-11-17(33(25)32)13-26-12-16/h1-13H,14,25H2,(H,28,29). The molecule has 1 aromatic carbocycles. The van der Waals surface area contributed by atoms with E-state index in [4.69, 9.17) is 5.14 Å². The van der Waals surface area contributed by atoms with Crippen LogP contribution in [-0.2, 0) is 17.5 Å². The first-order chi connectivity index (χ1) is 16.1. The minimum Gasteiger partial charge on any atom is -0.361 e. The van der Waals surface area contributed by atoms with E-state index in [1.54, 1.807) is 24.5 Å². The van der Waals surface area contributed by atoms with Crippen LogP contribution in [0.5, 0.6) is 0 Å². The Balaban J connectivity index is 1.65. The molecule has 0 amide bonds. The van der Waals surface area contributed by atoms with Gasteiger partial charge in [0.25, 0.3) is 0 Å². The number of hydrogen-bond acceptors (Lipinski definition) is 6. The van der Waals surface area contributed by atoms with Crippen LogP contribution in [-0.4, -0.2) is 28.8 Å². The van der Waals surface area contributed by atoms with Crippen molar-refractivity contribution in [1.82, 2.24) is 24.6 Å². The van der Waals surface area contributed by atoms with E-state index in [2.05, 4.69) is 25.5 Å². The predicted molar refractivity (Wildman–Crippen MR) is 124 cm³/mol. The molecule has 1 unspecified atom stereocenters. The summed E-state index contributed by atoms with van der Waals surface area (Å²) in [6.07, 6.45) is 6.48. The molecule has 0 saturated heterocycles. The van der Waals surface area contributed by atoms with Crippen LogP contribution in [0.3, 0.4) is 0 Å². The van der Waals surface area contributed by atoms with E-state index >= 15 is 0 Å². The Morgan fingerprint density at radius 3 is 2.67 bits per heavy atom. The summed E-state index contributed by atoms with van der Waals surface area (Å²) >= 11 is 0. The van der Waals surface area contributed by atoms with E-state index in [0.29, 0.717) is 22.1 Å². The van der Waals surface area contributed by atoms with E-state index in [9.17, 15) is 8.60 Å². The fourth-order valence-corrected chi connectivity index (χ4v) is 3.98. The van der Waals surface area contributed by atoms with Crippen molar-refractivity contribution in [3.8, 4) is 22.5 Å². The second kappa shape index (κ2) is 8.85. The van der Waals surface area contributed by atoms with Gasteiger partial charge in [-0.05, 0) is 29.8 Å². The molecule has 5 aromatic rings. The zero-order valence-corrected chi connectivity index (χ0v) is 18.0. The molecular weight excluding hydrogens is 441 g/mol. The maximum Gasteiger partial charge on any atom is 0.174 e. The number of anilines is 1. The molecule has 0 aliphatic carbocycles. The molecule has 1 atom stereocenters. The van der Waals surface area contributed by atoms with Gasteiger partial charge < -0.3 is 5.32 Å². The summed E-state index contributed by atoms with van der Waals surface area (Å²) in [5.74, 6) is 0.572. The number of fused-ring (bicyclic) bond motifs is 1. The van der Waals surface area contributed by atoms with Crippen molar-refractivity contribution >= 4 is 22.3 Å². The summed E-state index contributed by atoms with van der Waals surface area (Å²) in [4.78, 5) is 8.61. The summed E-state index contributed by atoms with van der Waals surface area (Å²) in [7, 11) is -1.68. The van der Waals surface area contributed by atoms with Gasteiger partial charge in [-0.1, -0.05) is 30.3 Å². The molecule has 10 heteroatoms. The minimum atomic E-state index is -1.68. The van der Waals surface area contributed by atoms with Gasteiger partial charge in [0.15, 0.2) is 11.6 Å². The molecular formula is C23H18FN7OS. The quantitative estimate of drug-likeness (QED) is 0.401. The summed E-state index contributed by atoms with van der Waals surface area (Å²) in [5.41, 5.74) is 3.54. The van der Waals surface area contributed by atoms with Crippen molar-refractivity contribution in [1.29, 1.82) is 0 Å². The zero-order chi connectivity index (χ0) is 22.8. The Hall–Kier alpha value is -4.02. The van der Waals surface area contributed by atoms with Crippen molar-refractivity contribution in [2.75, 3.05) is 5.32 Å². The SMILES string of the molecule is NS(=O)c1cncc(-c2nnc(NCc3ncccc3F)c3c(-c4ccccc4)ccn23)c1. The average molecular weight is 460 g/mol. The lowest BCUT2D eigenvalue weighted by Gasteiger charge is -2.12. The second-order valence-corrected chi connectivity index (χ2v) is 8.24. The van der Waals surface area contributed by atoms with Crippen LogP contribution >= 0.6 is 0 Å². The smallest absolute Gasteiger partial charge is 0.174 e. The highest BCUT2D eigenvalue weighted by molar-refractivity contribution is 7.82. The molecule has 5 rings (SSSR count). The highest BCUT2D eigenvalue weighted by Crippen LogP contribution is 2.32. The Morgan fingerprint density at radius 2 is 1.88 bits per heavy atom. The van der Waals surface area contributed by atoms with Crippen LogP contribution in [0.1, 0.15) is 5.69 Å². The third-order valence-electron chi connectivity index (χ3n) is 5.13. The number of nitrogens with one attached hydrogen (secondary N) is 1. The normalized spacial score (nSPS) is 12.1. The van der Waals surface area contributed by atoms with Crippen molar-refractivity contribution in [2.45, 2.75) is 11.4 Å². The minimum absolute atomic E-state index is 0.138. The number of pyridine rings is 2. The maximum absolute atomic E-state index is 14.1. The van der Waals surface area contributed by atoms with Crippen molar-refractivity contribution in [3.63, 3.8) is 0 Å². The molecule has 0 radical (unpaired) electrons. The summed E-state index contributed by atoms with van der Waals surface area (Å²) in [6, 6.07) is 16.4. The van der Waals surface area contributed by atoms with E-state index in [-0.39, 0.29) is 12.2 Å². The van der Waals surface area contributed by atoms with Gasteiger partial charge in [0.05, 0.1) is 22.7 Å². The van der Waals surface area contributed by atoms with Crippen molar-refractivity contribution in [3.05, 3.63) is 90.9 Å². The Morgan fingerprint density at radius 1 is 1.03 bits per heavy atom. The van der Waals surface area contributed by atoms with Crippen LogP contribution in [0, 0.1) is 5.82 Å². The highest BCUT2D eigenvalue weighted by Gasteiger charge is 2.17. The maximum atomic E-state index is 14.1. The van der Waals surface area contributed by atoms with Crippen LogP contribution in [0.15, 0.2) is 84.3 Å². The summed E-state index contributed by atoms with van der Waals surface area (Å²) in [6.45, 7) is 0.138. The number of nitrogens with zero attached hydrogens (tertiary/aromatic N) is 5. The molecule has 0 aliphatic heterocycles. The average Bonchev–Trinajstić information content (AvgIpc) is 3.29. The molecule has 0 fully saturated rings. The first-order valence-corrected chi connectivity index (χ1v) is 11.2. The van der Waals surface area contributed by atoms with Crippen molar-refractivity contribution < 1.29 is 8.60 Å². The largest absolute Gasteiger partial charge is 0.361 e. The first-order valence-electron chi connectivity index (χ1n) is 10.00. The second-order valence-electron chi connectivity index (χ2n) is 7.18. The van der Waals surface area contributed by atoms with Gasteiger partial charge in [-0.3, -0.25) is 14.4 Å². The van der Waals surface area contributed by atoms with Gasteiger partial charge in [-0.25, -0.2) is 13.7 Å². The van der Waals surface area contributed by atoms with Crippen LogP contribution < -0.4 is 10.5 Å². The Bertz CT molecular complexity index is 1470. The van der Waals surface area contributed by atoms with Gasteiger partial charge in [0, 0.05) is 35.9 Å². The molecule has 8 nitrogen and oxygen atoms in total. The summed E-state index contributed by atoms with van der Waals surface area (Å²) < 4.78 is 27.7. The lowest BCUT2D eigenvalue weighted by Crippen LogP contribution is -2.09. The Kier molecular flexibility index (Phi) is 5.59. The zero-order valence-electron chi connectivity index (χ0n) is 17.2. The predicted octanol–water partition coefficient (Wildman–Crippen LogP) is 3.59. The fourth-order valence-electron chi connectivity index (χ4n) is 3.58. The van der Waals surface area contributed by atoms with Crippen LogP contribution in [0.4, 0.5) is 10.2 Å². The van der Waals surface area contributed by atoms with Gasteiger partial charge in [0.2, 0.25) is 0 Å². The van der Waals surface area contributed by atoms with E-state index in [1.165, 1.54) is 12.3 Å². The van der Waals surface area contributed by atoms with E-state index in [1.807, 2.05) is 47.0 Å². The number of aromatic nitrogens is 5. The lowest BCUT2D eigenvalue weighted by molar-refractivity contribution is 0.602. The van der Waals surface area contributed by atoms with Gasteiger partial charge >= 0.3 is 0 Å². The molecule has 164 valence electrons. The Labute approximate surface area is 190 Å². The number of rotatable bonds is 6. The molecule has 33 heavy (non-hydrogen) atoms. The van der Waals surface area contributed by atoms with Gasteiger partial charge in [0.1, 0.15) is 16.8 Å². The van der Waals surface area contributed by atoms with Crippen molar-refractivity contribution in [2.24, 2.45) is 5.14 Å². The molecule has 0 spiro atoms. The molecule has 4 heterocycles. The monoisotopic (exact) mass is 459 g/mol. The van der Waals surface area contributed by atoms with E-state index in [0.717, 1.165) is 16.6 Å². The number of benzene rings is 1. The van der Waals surface area contributed by atoms with Gasteiger partial charge in [-0.2, -0.15) is 0 Å². The number of halogens is 1. The van der Waals surface area contributed by atoms with E-state index < -0.39 is 16.8 Å². The summed E-state index contributed by atoms with van der Waals surface area (Å²) in [5, 5.41) is 17.5.